The molecule has 0 spiro atoms. The molecule has 0 heterocycles. The Morgan fingerprint density at radius 1 is 1.04 bits per heavy atom. The van der Waals surface area contributed by atoms with E-state index in [2.05, 4.69) is 10.6 Å². The Balaban J connectivity index is 1.93. The van der Waals surface area contributed by atoms with E-state index < -0.39 is 17.5 Å². The molecule has 0 atom stereocenters. The molecule has 3 N–H and O–H groups in total. The Morgan fingerprint density at radius 3 is 2.26 bits per heavy atom. The lowest BCUT2D eigenvalue weighted by Crippen LogP contribution is -2.45. The minimum Gasteiger partial charge on any atom is -0.493 e. The monoisotopic (exact) mass is 372 g/mol. The Bertz CT molecular complexity index is 787. The number of carbonyl (C=O) groups is 2. The summed E-state index contributed by atoms with van der Waals surface area (Å²) in [6.45, 7) is 3.55. The number of aliphatic carboxylic acids is 1. The van der Waals surface area contributed by atoms with E-state index in [0.717, 1.165) is 0 Å². The number of methoxy groups -OCH3 is 1. The second-order valence-electron chi connectivity index (χ2n) is 6.63. The minimum absolute atomic E-state index is 0.0116. The third kappa shape index (κ3) is 6.54. The molecule has 2 aromatic carbocycles. The maximum absolute atomic E-state index is 12.1. The predicted octanol–water partition coefficient (Wildman–Crippen LogP) is 4.25. The van der Waals surface area contributed by atoms with Crippen LogP contribution >= 0.6 is 0 Å². The quantitative estimate of drug-likeness (QED) is 0.643. The van der Waals surface area contributed by atoms with Gasteiger partial charge in [0.15, 0.2) is 11.5 Å². The second kappa shape index (κ2) is 8.93. The summed E-state index contributed by atoms with van der Waals surface area (Å²) in [5.41, 5.74) is -0.0380. The third-order valence-corrected chi connectivity index (χ3v) is 3.82. The Hall–Kier alpha value is -3.22. The molecule has 0 aliphatic heterocycles. The Kier molecular flexibility index (Phi) is 6.65. The summed E-state index contributed by atoms with van der Waals surface area (Å²) in [6, 6.07) is 13.8. The number of hydrogen-bond donors (Lipinski definition) is 3. The summed E-state index contributed by atoms with van der Waals surface area (Å²) in [5.74, 6) is 0.935. The molecule has 144 valence electrons. The normalized spacial score (nSPS) is 10.8. The molecule has 0 fully saturated rings. The van der Waals surface area contributed by atoms with Gasteiger partial charge in [-0.3, -0.25) is 4.79 Å². The predicted molar refractivity (Wildman–Crippen MR) is 103 cm³/mol. The number of ether oxygens (including phenoxy) is 2. The summed E-state index contributed by atoms with van der Waals surface area (Å²) in [6.07, 6.45) is 0.323. The molecule has 2 aromatic rings. The van der Waals surface area contributed by atoms with Crippen molar-refractivity contribution in [3.63, 3.8) is 0 Å². The van der Waals surface area contributed by atoms with Gasteiger partial charge in [0.05, 0.1) is 7.11 Å². The average Bonchev–Trinajstić information content (AvgIpc) is 2.62. The maximum atomic E-state index is 12.1. The fourth-order valence-corrected chi connectivity index (χ4v) is 2.39. The topological polar surface area (TPSA) is 96.9 Å². The zero-order chi connectivity index (χ0) is 19.9. The van der Waals surface area contributed by atoms with Crippen LogP contribution in [0.1, 0.15) is 26.7 Å². The van der Waals surface area contributed by atoms with Crippen LogP contribution in [0.15, 0.2) is 48.5 Å². The molecular formula is C20H24N2O5. The van der Waals surface area contributed by atoms with E-state index in [1.807, 2.05) is 18.2 Å². The first-order valence-corrected chi connectivity index (χ1v) is 8.51. The molecule has 27 heavy (non-hydrogen) atoms. The first kappa shape index (κ1) is 20.1. The number of anilines is 1. The van der Waals surface area contributed by atoms with Gasteiger partial charge >= 0.3 is 12.0 Å². The molecule has 0 bridgehead atoms. The van der Waals surface area contributed by atoms with Crippen molar-refractivity contribution < 1.29 is 24.2 Å². The fourth-order valence-electron chi connectivity index (χ4n) is 2.39. The van der Waals surface area contributed by atoms with Crippen LogP contribution in [0.4, 0.5) is 10.5 Å². The zero-order valence-electron chi connectivity index (χ0n) is 15.6. The van der Waals surface area contributed by atoms with Gasteiger partial charge < -0.3 is 25.2 Å². The SMILES string of the molecule is COc1ccccc1Oc1ccc(NC(=O)NC(C)(C)CCC(=O)O)cc1. The molecule has 0 saturated heterocycles. The molecular weight excluding hydrogens is 348 g/mol. The number of benzene rings is 2. The highest BCUT2D eigenvalue weighted by molar-refractivity contribution is 5.89. The number of para-hydroxylation sites is 2. The molecule has 7 nitrogen and oxygen atoms in total. The molecule has 0 aliphatic rings. The van der Waals surface area contributed by atoms with Gasteiger partial charge in [-0.1, -0.05) is 12.1 Å². The van der Waals surface area contributed by atoms with E-state index >= 15 is 0 Å². The van der Waals surface area contributed by atoms with Gasteiger partial charge in [-0.15, -0.1) is 0 Å². The summed E-state index contributed by atoms with van der Waals surface area (Å²) in [4.78, 5) is 22.8. The summed E-state index contributed by atoms with van der Waals surface area (Å²) < 4.78 is 11.0. The highest BCUT2D eigenvalue weighted by Gasteiger charge is 2.21. The van der Waals surface area contributed by atoms with Gasteiger partial charge in [-0.25, -0.2) is 4.79 Å². The van der Waals surface area contributed by atoms with E-state index in [1.165, 1.54) is 0 Å². The highest BCUT2D eigenvalue weighted by atomic mass is 16.5. The van der Waals surface area contributed by atoms with Crippen molar-refractivity contribution in [3.8, 4) is 17.2 Å². The minimum atomic E-state index is -0.893. The molecule has 0 aromatic heterocycles. The van der Waals surface area contributed by atoms with Crippen LogP contribution in [0.2, 0.25) is 0 Å². The lowest BCUT2D eigenvalue weighted by Gasteiger charge is -2.25. The van der Waals surface area contributed by atoms with Crippen molar-refractivity contribution in [1.29, 1.82) is 0 Å². The number of hydrogen-bond acceptors (Lipinski definition) is 4. The average molecular weight is 372 g/mol. The second-order valence-corrected chi connectivity index (χ2v) is 6.63. The van der Waals surface area contributed by atoms with E-state index in [0.29, 0.717) is 29.4 Å². The van der Waals surface area contributed by atoms with Crippen LogP contribution in [-0.4, -0.2) is 29.8 Å². The van der Waals surface area contributed by atoms with E-state index in [9.17, 15) is 9.59 Å². The lowest BCUT2D eigenvalue weighted by molar-refractivity contribution is -0.137. The molecule has 0 aliphatic carbocycles. The maximum Gasteiger partial charge on any atom is 0.319 e. The largest absolute Gasteiger partial charge is 0.493 e. The van der Waals surface area contributed by atoms with Gasteiger partial charge in [0.25, 0.3) is 0 Å². The van der Waals surface area contributed by atoms with Gasteiger partial charge in [-0.05, 0) is 56.7 Å². The number of rotatable bonds is 8. The third-order valence-electron chi connectivity index (χ3n) is 3.82. The van der Waals surface area contributed by atoms with Crippen molar-refractivity contribution in [3.05, 3.63) is 48.5 Å². The van der Waals surface area contributed by atoms with Crippen LogP contribution < -0.4 is 20.1 Å². The zero-order valence-corrected chi connectivity index (χ0v) is 15.6. The van der Waals surface area contributed by atoms with Gasteiger partial charge in [0.1, 0.15) is 5.75 Å². The van der Waals surface area contributed by atoms with E-state index in [4.69, 9.17) is 14.6 Å². The molecule has 2 amide bonds. The summed E-state index contributed by atoms with van der Waals surface area (Å²) >= 11 is 0. The van der Waals surface area contributed by atoms with E-state index in [1.54, 1.807) is 51.3 Å². The van der Waals surface area contributed by atoms with Gasteiger partial charge in [0, 0.05) is 17.6 Å². The number of carboxylic acids is 1. The van der Waals surface area contributed by atoms with E-state index in [-0.39, 0.29) is 6.42 Å². The van der Waals surface area contributed by atoms with Crippen LogP contribution in [0.25, 0.3) is 0 Å². The fraction of sp³-hybridized carbons (Fsp3) is 0.300. The van der Waals surface area contributed by atoms with Crippen LogP contribution in [-0.2, 0) is 4.79 Å². The standard InChI is InChI=1S/C20H24N2O5/c1-20(2,13-12-18(23)24)22-19(25)21-14-8-10-15(11-9-14)27-17-7-5-4-6-16(17)26-3/h4-11H,12-13H2,1-3H3,(H,23,24)(H2,21,22,25). The number of nitrogens with one attached hydrogen (secondary N) is 2. The Morgan fingerprint density at radius 2 is 1.67 bits per heavy atom. The lowest BCUT2D eigenvalue weighted by atomic mass is 9.99. The molecule has 7 heteroatoms. The number of amides is 2. The first-order chi connectivity index (χ1) is 12.8. The van der Waals surface area contributed by atoms with Crippen molar-refractivity contribution in [2.75, 3.05) is 12.4 Å². The van der Waals surface area contributed by atoms with Crippen molar-refractivity contribution in [1.82, 2.24) is 5.32 Å². The first-order valence-electron chi connectivity index (χ1n) is 8.51. The summed E-state index contributed by atoms with van der Waals surface area (Å²) in [7, 11) is 1.58. The summed E-state index contributed by atoms with van der Waals surface area (Å²) in [5, 5.41) is 14.3. The highest BCUT2D eigenvalue weighted by Crippen LogP contribution is 2.31. The Labute approximate surface area is 158 Å². The molecule has 2 rings (SSSR count). The molecule has 0 unspecified atom stereocenters. The van der Waals surface area contributed by atoms with Crippen molar-refractivity contribution in [2.45, 2.75) is 32.2 Å². The number of carbonyl (C=O) groups excluding carboxylic acids is 1. The molecule has 0 saturated carbocycles. The van der Waals surface area contributed by atoms with Gasteiger partial charge in [-0.2, -0.15) is 0 Å². The number of urea groups is 1. The van der Waals surface area contributed by atoms with Crippen LogP contribution in [0.3, 0.4) is 0 Å². The van der Waals surface area contributed by atoms with Crippen molar-refractivity contribution in [2.24, 2.45) is 0 Å². The van der Waals surface area contributed by atoms with Crippen LogP contribution in [0.5, 0.6) is 17.2 Å². The smallest absolute Gasteiger partial charge is 0.319 e. The van der Waals surface area contributed by atoms with Gasteiger partial charge in [0.2, 0.25) is 0 Å². The number of carboxylic acid groups (broad SMARTS) is 1. The van der Waals surface area contributed by atoms with Crippen molar-refractivity contribution >= 4 is 17.7 Å². The molecule has 0 radical (unpaired) electrons. The van der Waals surface area contributed by atoms with Crippen LogP contribution in [0, 0.1) is 0 Å².